The molecule has 2 aromatic rings. The van der Waals surface area contributed by atoms with Crippen LogP contribution in [0.25, 0.3) is 10.9 Å². The van der Waals surface area contributed by atoms with Crippen molar-refractivity contribution in [3.8, 4) is 0 Å². The second kappa shape index (κ2) is 6.44. The number of hydrogen-bond donors (Lipinski definition) is 1. The van der Waals surface area contributed by atoms with Crippen LogP contribution in [0.1, 0.15) is 38.2 Å². The Hall–Kier alpha value is -1.61. The summed E-state index contributed by atoms with van der Waals surface area (Å²) >= 11 is 0. The van der Waals surface area contributed by atoms with Crippen molar-refractivity contribution < 1.29 is 0 Å². The number of aromatic nitrogens is 1. The molecule has 3 nitrogen and oxygen atoms in total. The van der Waals surface area contributed by atoms with Crippen molar-refractivity contribution in [2.24, 2.45) is 0 Å². The number of rotatable bonds is 5. The van der Waals surface area contributed by atoms with Gasteiger partial charge in [-0.05, 0) is 31.5 Å². The Balaban J connectivity index is 2.00. The van der Waals surface area contributed by atoms with Crippen molar-refractivity contribution in [3.05, 3.63) is 35.9 Å². The van der Waals surface area contributed by atoms with Crippen LogP contribution >= 0.6 is 0 Å². The van der Waals surface area contributed by atoms with E-state index in [4.69, 9.17) is 4.98 Å². The number of para-hydroxylation sites is 1. The predicted octanol–water partition coefficient (Wildman–Crippen LogP) is 3.72. The first-order valence-corrected chi connectivity index (χ1v) is 8.12. The fourth-order valence-electron chi connectivity index (χ4n) is 3.31. The minimum atomic E-state index is 0.652. The third kappa shape index (κ3) is 3.03. The molecule has 0 aliphatic heterocycles. The van der Waals surface area contributed by atoms with Gasteiger partial charge in [0.05, 0.1) is 5.52 Å². The Morgan fingerprint density at radius 1 is 1.24 bits per heavy atom. The average molecular weight is 283 g/mol. The highest BCUT2D eigenvalue weighted by atomic mass is 15.2. The second-order valence-corrected chi connectivity index (χ2v) is 5.99. The molecule has 0 atom stereocenters. The van der Waals surface area contributed by atoms with E-state index in [1.165, 1.54) is 36.6 Å². The number of anilines is 1. The summed E-state index contributed by atoms with van der Waals surface area (Å²) < 4.78 is 0. The zero-order valence-corrected chi connectivity index (χ0v) is 13.1. The molecule has 3 rings (SSSR count). The largest absolute Gasteiger partial charge is 0.356 e. The fraction of sp³-hybridized carbons (Fsp3) is 0.500. The lowest BCUT2D eigenvalue weighted by molar-refractivity contribution is 0.639. The molecular formula is C18H25N3. The third-order valence-corrected chi connectivity index (χ3v) is 4.55. The maximum absolute atomic E-state index is 4.96. The Kier molecular flexibility index (Phi) is 4.39. The van der Waals surface area contributed by atoms with Gasteiger partial charge in [-0.2, -0.15) is 0 Å². The van der Waals surface area contributed by atoms with Gasteiger partial charge in [-0.25, -0.2) is 4.98 Å². The highest BCUT2D eigenvalue weighted by Gasteiger charge is 2.22. The van der Waals surface area contributed by atoms with Gasteiger partial charge in [0.25, 0.3) is 0 Å². The molecule has 3 heteroatoms. The van der Waals surface area contributed by atoms with E-state index in [0.717, 1.165) is 24.4 Å². The lowest BCUT2D eigenvalue weighted by Gasteiger charge is -2.28. The van der Waals surface area contributed by atoms with Crippen LogP contribution in [0.15, 0.2) is 30.3 Å². The molecular weight excluding hydrogens is 258 g/mol. The van der Waals surface area contributed by atoms with Crippen LogP contribution in [-0.4, -0.2) is 24.6 Å². The van der Waals surface area contributed by atoms with Crippen molar-refractivity contribution in [1.29, 1.82) is 0 Å². The number of hydrogen-bond acceptors (Lipinski definition) is 3. The summed E-state index contributed by atoms with van der Waals surface area (Å²) in [7, 11) is 2.21. The summed E-state index contributed by atoms with van der Waals surface area (Å²) in [6, 6.07) is 11.4. The van der Waals surface area contributed by atoms with Crippen molar-refractivity contribution >= 4 is 16.7 Å². The molecule has 1 aromatic carbocycles. The van der Waals surface area contributed by atoms with Crippen molar-refractivity contribution in [2.75, 3.05) is 18.5 Å². The lowest BCUT2D eigenvalue weighted by Crippen LogP contribution is -2.31. The Bertz CT molecular complexity index is 602. The minimum absolute atomic E-state index is 0.652. The van der Waals surface area contributed by atoms with Gasteiger partial charge in [0.1, 0.15) is 5.82 Å². The maximum atomic E-state index is 4.96. The SMILES string of the molecule is CCNCc1cc2ccccc2nc1N(C)C1CCCC1. The van der Waals surface area contributed by atoms with Gasteiger partial charge in [-0.3, -0.25) is 0 Å². The van der Waals surface area contributed by atoms with E-state index >= 15 is 0 Å². The van der Waals surface area contributed by atoms with Gasteiger partial charge >= 0.3 is 0 Å². The third-order valence-electron chi connectivity index (χ3n) is 4.55. The van der Waals surface area contributed by atoms with Gasteiger partial charge in [0.2, 0.25) is 0 Å². The smallest absolute Gasteiger partial charge is 0.133 e. The van der Waals surface area contributed by atoms with E-state index in [9.17, 15) is 0 Å². The predicted molar refractivity (Wildman–Crippen MR) is 89.8 cm³/mol. The Morgan fingerprint density at radius 2 is 2.00 bits per heavy atom. The van der Waals surface area contributed by atoms with Gasteiger partial charge < -0.3 is 10.2 Å². The number of nitrogens with zero attached hydrogens (tertiary/aromatic N) is 2. The molecule has 0 amide bonds. The minimum Gasteiger partial charge on any atom is -0.356 e. The van der Waals surface area contributed by atoms with E-state index in [-0.39, 0.29) is 0 Å². The molecule has 0 saturated heterocycles. The Labute approximate surface area is 127 Å². The molecule has 21 heavy (non-hydrogen) atoms. The van der Waals surface area contributed by atoms with E-state index in [1.54, 1.807) is 0 Å². The summed E-state index contributed by atoms with van der Waals surface area (Å²) in [5, 5.41) is 4.68. The second-order valence-electron chi connectivity index (χ2n) is 5.99. The molecule has 1 fully saturated rings. The first-order chi connectivity index (χ1) is 10.3. The normalized spacial score (nSPS) is 15.7. The quantitative estimate of drug-likeness (QED) is 0.906. The van der Waals surface area contributed by atoms with E-state index in [0.29, 0.717) is 6.04 Å². The molecule has 0 spiro atoms. The Morgan fingerprint density at radius 3 is 2.76 bits per heavy atom. The summed E-state index contributed by atoms with van der Waals surface area (Å²) in [6.45, 7) is 4.02. The molecule has 0 bridgehead atoms. The summed E-state index contributed by atoms with van der Waals surface area (Å²) in [5.41, 5.74) is 2.41. The molecule has 1 saturated carbocycles. The van der Waals surface area contributed by atoms with Gasteiger partial charge in [-0.1, -0.05) is 38.0 Å². The topological polar surface area (TPSA) is 28.2 Å². The van der Waals surface area contributed by atoms with Gasteiger partial charge in [-0.15, -0.1) is 0 Å². The lowest BCUT2D eigenvalue weighted by atomic mass is 10.1. The number of pyridine rings is 1. The van der Waals surface area contributed by atoms with Crippen LogP contribution in [0.3, 0.4) is 0 Å². The highest BCUT2D eigenvalue weighted by molar-refractivity contribution is 5.81. The zero-order chi connectivity index (χ0) is 14.7. The molecule has 112 valence electrons. The molecule has 1 heterocycles. The first-order valence-electron chi connectivity index (χ1n) is 8.12. The van der Waals surface area contributed by atoms with Crippen LogP contribution in [0.5, 0.6) is 0 Å². The van der Waals surface area contributed by atoms with Crippen LogP contribution in [0.4, 0.5) is 5.82 Å². The monoisotopic (exact) mass is 283 g/mol. The van der Waals surface area contributed by atoms with Crippen LogP contribution in [-0.2, 0) is 6.54 Å². The average Bonchev–Trinajstić information content (AvgIpc) is 3.05. The molecule has 1 aromatic heterocycles. The number of benzene rings is 1. The highest BCUT2D eigenvalue weighted by Crippen LogP contribution is 2.29. The van der Waals surface area contributed by atoms with E-state index in [1.807, 2.05) is 0 Å². The number of fused-ring (bicyclic) bond motifs is 1. The first kappa shape index (κ1) is 14.3. The van der Waals surface area contributed by atoms with Gasteiger partial charge in [0.15, 0.2) is 0 Å². The standard InChI is InChI=1S/C18H25N3/c1-3-19-13-15-12-14-8-4-7-11-17(14)20-18(15)21(2)16-9-5-6-10-16/h4,7-8,11-12,16,19H,3,5-6,9-10,13H2,1-2H3. The van der Waals surface area contributed by atoms with Crippen LogP contribution < -0.4 is 10.2 Å². The van der Waals surface area contributed by atoms with Crippen LogP contribution in [0, 0.1) is 0 Å². The van der Waals surface area contributed by atoms with Gasteiger partial charge in [0, 0.05) is 30.6 Å². The maximum Gasteiger partial charge on any atom is 0.133 e. The summed E-state index contributed by atoms with van der Waals surface area (Å²) in [4.78, 5) is 7.37. The van der Waals surface area contributed by atoms with E-state index in [2.05, 4.69) is 54.5 Å². The van der Waals surface area contributed by atoms with Crippen LogP contribution in [0.2, 0.25) is 0 Å². The fourth-order valence-corrected chi connectivity index (χ4v) is 3.31. The molecule has 1 aliphatic rings. The van der Waals surface area contributed by atoms with Crippen molar-refractivity contribution in [3.63, 3.8) is 0 Å². The molecule has 1 N–H and O–H groups in total. The van der Waals surface area contributed by atoms with E-state index < -0.39 is 0 Å². The molecule has 1 aliphatic carbocycles. The summed E-state index contributed by atoms with van der Waals surface area (Å²) in [6.07, 6.45) is 5.30. The molecule has 0 unspecified atom stereocenters. The van der Waals surface area contributed by atoms with Crippen molar-refractivity contribution in [2.45, 2.75) is 45.2 Å². The molecule has 0 radical (unpaired) electrons. The summed E-state index contributed by atoms with van der Waals surface area (Å²) in [5.74, 6) is 1.15. The number of nitrogens with one attached hydrogen (secondary N) is 1. The van der Waals surface area contributed by atoms with Crippen molar-refractivity contribution in [1.82, 2.24) is 10.3 Å². The zero-order valence-electron chi connectivity index (χ0n) is 13.1.